The van der Waals surface area contributed by atoms with Crippen LogP contribution in [-0.2, 0) is 9.59 Å². The Kier molecular flexibility index (Phi) is 4.28. The van der Waals surface area contributed by atoms with E-state index in [1.807, 2.05) is 0 Å². The molecule has 2 N–H and O–H groups in total. The predicted octanol–water partition coefficient (Wildman–Crippen LogP) is 2.38. The topological polar surface area (TPSA) is 84.0 Å². The van der Waals surface area contributed by atoms with Gasteiger partial charge >= 0.3 is 0 Å². The highest BCUT2D eigenvalue weighted by Crippen LogP contribution is 2.60. The number of thioether (sulfide) groups is 1. The third-order valence-electron chi connectivity index (χ3n) is 5.81. The van der Waals surface area contributed by atoms with Gasteiger partial charge in [-0.25, -0.2) is 0 Å². The van der Waals surface area contributed by atoms with Crippen LogP contribution in [0.3, 0.4) is 0 Å². The van der Waals surface area contributed by atoms with Crippen LogP contribution >= 0.6 is 23.1 Å². The van der Waals surface area contributed by atoms with E-state index >= 15 is 0 Å². The highest BCUT2D eigenvalue weighted by molar-refractivity contribution is 8.02. The molecule has 0 saturated heterocycles. The van der Waals surface area contributed by atoms with Crippen molar-refractivity contribution in [3.8, 4) is 0 Å². The number of rotatable bonds is 4. The number of hydrazine groups is 1. The molecule has 4 aliphatic carbocycles. The summed E-state index contributed by atoms with van der Waals surface area (Å²) in [5.41, 5.74) is 6.73. The first-order valence-corrected chi connectivity index (χ1v) is 10.3. The normalized spacial score (nSPS) is 34.8. The molecule has 0 unspecified atom stereocenters. The lowest BCUT2D eigenvalue weighted by molar-refractivity contribution is -0.148. The summed E-state index contributed by atoms with van der Waals surface area (Å²) < 4.78 is 0.755. The van der Waals surface area contributed by atoms with Gasteiger partial charge in [-0.2, -0.15) is 0 Å². The average Bonchev–Trinajstić information content (AvgIpc) is 3.03. The Balaban J connectivity index is 1.32. The van der Waals surface area contributed by atoms with Crippen molar-refractivity contribution in [3.63, 3.8) is 0 Å². The first-order valence-electron chi connectivity index (χ1n) is 8.57. The van der Waals surface area contributed by atoms with Gasteiger partial charge in [-0.3, -0.25) is 20.4 Å². The maximum atomic E-state index is 12.8. The molecule has 0 aliphatic heterocycles. The SMILES string of the molecule is C[C@@H](Sc1nncs1)C(=O)NNC(=O)C12CC3CC(CC(C3)C1)C2. The quantitative estimate of drug-likeness (QED) is 0.631. The van der Waals surface area contributed by atoms with E-state index in [4.69, 9.17) is 0 Å². The Hall–Kier alpha value is -1.15. The highest BCUT2D eigenvalue weighted by atomic mass is 32.2. The molecule has 0 radical (unpaired) electrons. The summed E-state index contributed by atoms with van der Waals surface area (Å²) in [5.74, 6) is 1.95. The molecular weight excluding hydrogens is 344 g/mol. The summed E-state index contributed by atoms with van der Waals surface area (Å²) in [4.78, 5) is 25.0. The van der Waals surface area contributed by atoms with E-state index in [0.717, 1.165) is 23.6 Å². The van der Waals surface area contributed by atoms with Crippen molar-refractivity contribution >= 4 is 34.9 Å². The van der Waals surface area contributed by atoms with Crippen molar-refractivity contribution in [3.05, 3.63) is 5.51 Å². The maximum Gasteiger partial charge on any atom is 0.251 e. The average molecular weight is 367 g/mol. The summed E-state index contributed by atoms with van der Waals surface area (Å²) in [7, 11) is 0. The van der Waals surface area contributed by atoms with Gasteiger partial charge in [0.1, 0.15) is 5.51 Å². The number of aromatic nitrogens is 2. The second-order valence-corrected chi connectivity index (χ2v) is 10.0. The van der Waals surface area contributed by atoms with Gasteiger partial charge in [0.2, 0.25) is 5.91 Å². The fourth-order valence-corrected chi connectivity index (χ4v) is 6.79. The number of nitrogens with zero attached hydrogens (tertiary/aromatic N) is 2. The Morgan fingerprint density at radius 3 is 2.38 bits per heavy atom. The molecule has 0 aromatic carbocycles. The molecule has 4 fully saturated rings. The van der Waals surface area contributed by atoms with Gasteiger partial charge in [0.15, 0.2) is 4.34 Å². The number of carbonyl (C=O) groups excluding carboxylic acids is 2. The lowest BCUT2D eigenvalue weighted by atomic mass is 9.49. The predicted molar refractivity (Wildman–Crippen MR) is 92.1 cm³/mol. The van der Waals surface area contributed by atoms with E-state index in [9.17, 15) is 9.59 Å². The smallest absolute Gasteiger partial charge is 0.251 e. The van der Waals surface area contributed by atoms with Crippen LogP contribution in [0, 0.1) is 23.2 Å². The number of nitrogens with one attached hydrogen (secondary N) is 2. The molecule has 1 atom stereocenters. The van der Waals surface area contributed by atoms with Crippen molar-refractivity contribution in [2.24, 2.45) is 23.2 Å². The van der Waals surface area contributed by atoms with Gasteiger partial charge in [-0.1, -0.05) is 23.1 Å². The van der Waals surface area contributed by atoms with Crippen LogP contribution in [0.5, 0.6) is 0 Å². The van der Waals surface area contributed by atoms with Crippen LogP contribution in [0.25, 0.3) is 0 Å². The van der Waals surface area contributed by atoms with Crippen LogP contribution in [-0.4, -0.2) is 27.3 Å². The molecule has 0 spiro atoms. The molecule has 6 nitrogen and oxygen atoms in total. The zero-order valence-electron chi connectivity index (χ0n) is 13.7. The van der Waals surface area contributed by atoms with Gasteiger partial charge in [-0.05, 0) is 63.2 Å². The van der Waals surface area contributed by atoms with E-state index < -0.39 is 0 Å². The molecule has 4 aliphatic rings. The Labute approximate surface area is 149 Å². The highest BCUT2D eigenvalue weighted by Gasteiger charge is 2.54. The molecule has 1 aromatic heterocycles. The third kappa shape index (κ3) is 3.06. The molecule has 24 heavy (non-hydrogen) atoms. The summed E-state index contributed by atoms with van der Waals surface area (Å²) in [6.45, 7) is 1.80. The van der Waals surface area contributed by atoms with Gasteiger partial charge in [-0.15, -0.1) is 10.2 Å². The van der Waals surface area contributed by atoms with E-state index in [1.165, 1.54) is 42.4 Å². The first kappa shape index (κ1) is 16.3. The lowest BCUT2D eigenvalue weighted by Crippen LogP contribution is -2.57. The van der Waals surface area contributed by atoms with Crippen molar-refractivity contribution < 1.29 is 9.59 Å². The van der Waals surface area contributed by atoms with Crippen LogP contribution in [0.4, 0.5) is 0 Å². The first-order chi connectivity index (χ1) is 11.5. The number of hydrogen-bond acceptors (Lipinski definition) is 6. The molecule has 1 heterocycles. The van der Waals surface area contributed by atoms with E-state index in [0.29, 0.717) is 17.8 Å². The largest absolute Gasteiger partial charge is 0.273 e. The second-order valence-electron chi connectivity index (χ2n) is 7.61. The molecule has 5 rings (SSSR count). The fourth-order valence-electron chi connectivity index (χ4n) is 5.16. The minimum absolute atomic E-state index is 0.0167. The van der Waals surface area contributed by atoms with Crippen molar-refractivity contribution in [1.82, 2.24) is 21.0 Å². The molecule has 1 aromatic rings. The number of hydrogen-bond donors (Lipinski definition) is 2. The Morgan fingerprint density at radius 2 is 1.83 bits per heavy atom. The van der Waals surface area contributed by atoms with E-state index in [-0.39, 0.29) is 22.5 Å². The number of amides is 2. The molecule has 8 heteroatoms. The van der Waals surface area contributed by atoms with Crippen LogP contribution in [0.2, 0.25) is 0 Å². The zero-order valence-corrected chi connectivity index (χ0v) is 15.3. The third-order valence-corrected chi connectivity index (χ3v) is 7.72. The van der Waals surface area contributed by atoms with Crippen LogP contribution in [0.1, 0.15) is 45.4 Å². The van der Waals surface area contributed by atoms with Crippen molar-refractivity contribution in [2.75, 3.05) is 0 Å². The van der Waals surface area contributed by atoms with Gasteiger partial charge in [0, 0.05) is 0 Å². The lowest BCUT2D eigenvalue weighted by Gasteiger charge is -2.55. The number of carbonyl (C=O) groups is 2. The molecule has 4 bridgehead atoms. The zero-order chi connectivity index (χ0) is 16.7. The standard InChI is InChI=1S/C16H22N4O2S2/c1-9(24-15-20-17-8-23-15)13(21)18-19-14(22)16-5-10-2-11(6-16)4-12(3-10)7-16/h8-12H,2-7H2,1H3,(H,18,21)(H,19,22)/t9-,10?,11?,12?,16?/m1/s1. The monoisotopic (exact) mass is 366 g/mol. The van der Waals surface area contributed by atoms with E-state index in [1.54, 1.807) is 12.4 Å². The summed E-state index contributed by atoms with van der Waals surface area (Å²) >= 11 is 2.76. The van der Waals surface area contributed by atoms with E-state index in [2.05, 4.69) is 21.0 Å². The summed E-state index contributed by atoms with van der Waals surface area (Å²) in [5, 5.41) is 7.36. The molecule has 130 valence electrons. The minimum Gasteiger partial charge on any atom is -0.273 e. The fraction of sp³-hybridized carbons (Fsp3) is 0.750. The maximum absolute atomic E-state index is 12.8. The summed E-state index contributed by atoms with van der Waals surface area (Å²) in [6, 6.07) is 0. The van der Waals surface area contributed by atoms with Gasteiger partial charge in [0.25, 0.3) is 5.91 Å². The van der Waals surface area contributed by atoms with Crippen molar-refractivity contribution in [2.45, 2.75) is 55.0 Å². The second kappa shape index (κ2) is 6.29. The van der Waals surface area contributed by atoms with Crippen LogP contribution < -0.4 is 10.9 Å². The Morgan fingerprint density at radius 1 is 1.21 bits per heavy atom. The van der Waals surface area contributed by atoms with Crippen molar-refractivity contribution in [1.29, 1.82) is 0 Å². The minimum atomic E-state index is -0.324. The molecule has 2 amide bonds. The van der Waals surface area contributed by atoms with Crippen LogP contribution in [0.15, 0.2) is 9.85 Å². The molecule has 4 saturated carbocycles. The summed E-state index contributed by atoms with van der Waals surface area (Å²) in [6.07, 6.45) is 6.89. The van der Waals surface area contributed by atoms with Gasteiger partial charge in [0.05, 0.1) is 10.7 Å². The van der Waals surface area contributed by atoms with Gasteiger partial charge < -0.3 is 0 Å². The molecular formula is C16H22N4O2S2. The Bertz CT molecular complexity index is 599.